The Balaban J connectivity index is 1.82. The number of rotatable bonds is 3. The van der Waals surface area contributed by atoms with Gasteiger partial charge in [-0.25, -0.2) is 0 Å². The Morgan fingerprint density at radius 1 is 0.952 bits per heavy atom. The van der Waals surface area contributed by atoms with E-state index in [1.54, 1.807) is 6.26 Å². The van der Waals surface area contributed by atoms with Crippen molar-refractivity contribution in [2.75, 3.05) is 6.54 Å². The smallest absolute Gasteiger partial charge is 0.130 e. The van der Waals surface area contributed by atoms with Crippen molar-refractivity contribution in [3.8, 4) is 0 Å². The molecule has 1 N–H and O–H groups in total. The first-order chi connectivity index (χ1) is 10.4. The van der Waals surface area contributed by atoms with Gasteiger partial charge in [0.15, 0.2) is 0 Å². The molecule has 1 aromatic heterocycles. The molecule has 3 rings (SSSR count). The normalized spacial score (nSPS) is 17.4. The zero-order valence-corrected chi connectivity index (χ0v) is 12.3. The molecule has 1 aliphatic rings. The molecule has 2 heterocycles. The second-order valence-electron chi connectivity index (χ2n) is 5.50. The van der Waals surface area contributed by atoms with Gasteiger partial charge in [-0.3, -0.25) is 4.99 Å². The van der Waals surface area contributed by atoms with Gasteiger partial charge in [0.25, 0.3) is 0 Å². The molecule has 1 aliphatic heterocycles. The number of hydrogen-bond acceptors (Lipinski definition) is 3. The predicted molar refractivity (Wildman–Crippen MR) is 85.5 cm³/mol. The third kappa shape index (κ3) is 3.75. The van der Waals surface area contributed by atoms with Crippen LogP contribution in [-0.2, 0) is 0 Å². The molecule has 2 aromatic rings. The van der Waals surface area contributed by atoms with E-state index >= 15 is 0 Å². The van der Waals surface area contributed by atoms with E-state index in [0.29, 0.717) is 0 Å². The maximum Gasteiger partial charge on any atom is 0.130 e. The van der Waals surface area contributed by atoms with Gasteiger partial charge in [0.05, 0.1) is 12.1 Å². The minimum Gasteiger partial charge on any atom is -0.467 e. The summed E-state index contributed by atoms with van der Waals surface area (Å²) >= 11 is 0. The summed E-state index contributed by atoms with van der Waals surface area (Å²) in [5.74, 6) is 2.05. The summed E-state index contributed by atoms with van der Waals surface area (Å²) in [6.45, 7) is 0.933. The van der Waals surface area contributed by atoms with E-state index in [1.165, 1.54) is 31.2 Å². The molecule has 3 heteroatoms. The fourth-order valence-corrected chi connectivity index (χ4v) is 2.76. The maximum atomic E-state index is 5.63. The molecule has 1 aromatic carbocycles. The van der Waals surface area contributed by atoms with Crippen molar-refractivity contribution in [1.29, 1.82) is 0 Å². The lowest BCUT2D eigenvalue weighted by molar-refractivity contribution is 0.472. The molecule has 1 atom stereocenters. The molecule has 0 fully saturated rings. The van der Waals surface area contributed by atoms with Gasteiger partial charge in [-0.2, -0.15) is 0 Å². The van der Waals surface area contributed by atoms with E-state index in [4.69, 9.17) is 9.41 Å². The van der Waals surface area contributed by atoms with Crippen LogP contribution in [-0.4, -0.2) is 12.4 Å². The third-order valence-electron chi connectivity index (χ3n) is 3.90. The fourth-order valence-electron chi connectivity index (χ4n) is 2.76. The van der Waals surface area contributed by atoms with Crippen LogP contribution >= 0.6 is 0 Å². The number of amidine groups is 1. The zero-order valence-electron chi connectivity index (χ0n) is 12.3. The molecule has 0 saturated heterocycles. The first kappa shape index (κ1) is 13.9. The first-order valence-corrected chi connectivity index (χ1v) is 7.82. The minimum absolute atomic E-state index is 0.0411. The third-order valence-corrected chi connectivity index (χ3v) is 3.90. The van der Waals surface area contributed by atoms with Gasteiger partial charge in [0.2, 0.25) is 0 Å². The average molecular weight is 282 g/mol. The second kappa shape index (κ2) is 7.11. The van der Waals surface area contributed by atoms with E-state index in [-0.39, 0.29) is 6.04 Å². The SMILES string of the molecule is c1ccc([C@H](NC2=NCCCCCC2)c2ccco2)cc1. The monoisotopic (exact) mass is 282 g/mol. The molecule has 0 saturated carbocycles. The van der Waals surface area contributed by atoms with Crippen LogP contribution in [0.15, 0.2) is 58.1 Å². The van der Waals surface area contributed by atoms with E-state index in [1.807, 2.05) is 18.2 Å². The van der Waals surface area contributed by atoms with Gasteiger partial charge < -0.3 is 9.73 Å². The van der Waals surface area contributed by atoms with Gasteiger partial charge in [-0.15, -0.1) is 0 Å². The molecule has 0 unspecified atom stereocenters. The summed E-state index contributed by atoms with van der Waals surface area (Å²) in [4.78, 5) is 4.72. The largest absolute Gasteiger partial charge is 0.467 e. The Morgan fingerprint density at radius 3 is 2.62 bits per heavy atom. The summed E-state index contributed by atoms with van der Waals surface area (Å²) in [5, 5.41) is 3.60. The van der Waals surface area contributed by atoms with Gasteiger partial charge in [0.1, 0.15) is 11.8 Å². The molecule has 0 aliphatic carbocycles. The molecule has 21 heavy (non-hydrogen) atoms. The van der Waals surface area contributed by atoms with Gasteiger partial charge >= 0.3 is 0 Å². The molecule has 0 amide bonds. The number of furan rings is 1. The molecule has 0 radical (unpaired) electrons. The molecular formula is C18H22N2O. The summed E-state index contributed by atoms with van der Waals surface area (Å²) in [7, 11) is 0. The van der Waals surface area contributed by atoms with Crippen LogP contribution in [0.1, 0.15) is 49.5 Å². The summed E-state index contributed by atoms with van der Waals surface area (Å²) in [6, 6.07) is 14.4. The van der Waals surface area contributed by atoms with Crippen molar-refractivity contribution in [2.24, 2.45) is 4.99 Å². The highest BCUT2D eigenvalue weighted by Gasteiger charge is 2.18. The molecule has 110 valence electrons. The molecule has 0 spiro atoms. The van der Waals surface area contributed by atoms with Crippen LogP contribution < -0.4 is 5.32 Å². The number of nitrogens with zero attached hydrogens (tertiary/aromatic N) is 1. The van der Waals surface area contributed by atoms with Crippen molar-refractivity contribution < 1.29 is 4.42 Å². The minimum atomic E-state index is 0.0411. The topological polar surface area (TPSA) is 37.5 Å². The summed E-state index contributed by atoms with van der Waals surface area (Å²) in [6.07, 6.45) is 7.78. The van der Waals surface area contributed by atoms with Crippen LogP contribution in [0.2, 0.25) is 0 Å². The average Bonchev–Trinajstić information content (AvgIpc) is 3.01. The Kier molecular flexibility index (Phi) is 4.72. The first-order valence-electron chi connectivity index (χ1n) is 7.82. The fraction of sp³-hybridized carbons (Fsp3) is 0.389. The van der Waals surface area contributed by atoms with Gasteiger partial charge in [-0.05, 0) is 30.5 Å². The Labute approximate surface area is 126 Å². The Morgan fingerprint density at radius 2 is 1.81 bits per heavy atom. The Hall–Kier alpha value is -2.03. The Bertz CT molecular complexity index is 560. The quantitative estimate of drug-likeness (QED) is 0.910. The van der Waals surface area contributed by atoms with Crippen molar-refractivity contribution in [3.05, 3.63) is 60.1 Å². The molecule has 0 bridgehead atoms. The lowest BCUT2D eigenvalue weighted by atomic mass is 10.0. The number of hydrogen-bond donors (Lipinski definition) is 1. The van der Waals surface area contributed by atoms with E-state index in [2.05, 4.69) is 29.6 Å². The van der Waals surface area contributed by atoms with Gasteiger partial charge in [0, 0.05) is 13.0 Å². The summed E-state index contributed by atoms with van der Waals surface area (Å²) in [5.41, 5.74) is 1.21. The lowest BCUT2D eigenvalue weighted by Gasteiger charge is -2.21. The number of benzene rings is 1. The van der Waals surface area contributed by atoms with Crippen LogP contribution in [0, 0.1) is 0 Å². The van der Waals surface area contributed by atoms with Crippen LogP contribution in [0.25, 0.3) is 0 Å². The molecule has 3 nitrogen and oxygen atoms in total. The predicted octanol–water partition coefficient (Wildman–Crippen LogP) is 4.32. The molecular weight excluding hydrogens is 260 g/mol. The van der Waals surface area contributed by atoms with E-state index in [0.717, 1.165) is 24.6 Å². The highest BCUT2D eigenvalue weighted by Crippen LogP contribution is 2.23. The van der Waals surface area contributed by atoms with Crippen LogP contribution in [0.3, 0.4) is 0 Å². The van der Waals surface area contributed by atoms with Crippen LogP contribution in [0.5, 0.6) is 0 Å². The highest BCUT2D eigenvalue weighted by atomic mass is 16.3. The van der Waals surface area contributed by atoms with Crippen molar-refractivity contribution in [3.63, 3.8) is 0 Å². The van der Waals surface area contributed by atoms with Gasteiger partial charge in [-0.1, -0.05) is 43.2 Å². The number of aliphatic imine (C=N–C) groups is 1. The van der Waals surface area contributed by atoms with E-state index in [9.17, 15) is 0 Å². The maximum absolute atomic E-state index is 5.63. The number of nitrogens with one attached hydrogen (secondary N) is 1. The van der Waals surface area contributed by atoms with Crippen LogP contribution in [0.4, 0.5) is 0 Å². The zero-order chi connectivity index (χ0) is 14.3. The van der Waals surface area contributed by atoms with Crippen molar-refractivity contribution >= 4 is 5.84 Å². The standard InChI is InChI=1S/C18H22N2O/c1-2-7-13-19-17(12-6-1)20-18(16-11-8-14-21-16)15-9-4-3-5-10-15/h3-5,8-11,14,18H,1-2,6-7,12-13H2,(H,19,20)/t18-/m0/s1. The van der Waals surface area contributed by atoms with E-state index < -0.39 is 0 Å². The second-order valence-corrected chi connectivity index (χ2v) is 5.50. The lowest BCUT2D eigenvalue weighted by Crippen LogP contribution is -2.29. The highest BCUT2D eigenvalue weighted by molar-refractivity contribution is 5.83. The van der Waals surface area contributed by atoms with Crippen molar-refractivity contribution in [2.45, 2.75) is 38.1 Å². The van der Waals surface area contributed by atoms with Crippen molar-refractivity contribution in [1.82, 2.24) is 5.32 Å². The summed E-state index contributed by atoms with van der Waals surface area (Å²) < 4.78 is 5.63.